The summed E-state index contributed by atoms with van der Waals surface area (Å²) in [6, 6.07) is 6.73. The number of benzene rings is 1. The van der Waals surface area contributed by atoms with Crippen LogP contribution in [-0.2, 0) is 4.79 Å². The Morgan fingerprint density at radius 1 is 1.14 bits per heavy atom. The quantitative estimate of drug-likeness (QED) is 0.903. The van der Waals surface area contributed by atoms with Gasteiger partial charge in [0.05, 0.1) is 11.9 Å². The van der Waals surface area contributed by atoms with Crippen molar-refractivity contribution in [3.05, 3.63) is 48.2 Å². The molecule has 0 aliphatic rings. The fourth-order valence-electron chi connectivity index (χ4n) is 1.57. The number of rotatable bonds is 4. The van der Waals surface area contributed by atoms with Crippen LogP contribution in [0.15, 0.2) is 36.5 Å². The Morgan fingerprint density at radius 2 is 1.81 bits per heavy atom. The first-order valence-electron chi connectivity index (χ1n) is 6.45. The summed E-state index contributed by atoms with van der Waals surface area (Å²) in [7, 11) is 0. The fourth-order valence-corrected chi connectivity index (χ4v) is 1.57. The van der Waals surface area contributed by atoms with E-state index in [1.54, 1.807) is 19.9 Å². The minimum Gasteiger partial charge on any atom is -0.335 e. The maximum atomic E-state index is 13.5. The van der Waals surface area contributed by atoms with Gasteiger partial charge in [-0.05, 0) is 24.3 Å². The first-order chi connectivity index (χ1) is 9.97. The second-order valence-corrected chi connectivity index (χ2v) is 4.80. The van der Waals surface area contributed by atoms with Crippen molar-refractivity contribution < 1.29 is 13.6 Å². The SMILES string of the molecule is CC(C)C(=O)Nc1ccc(Nc2c(F)cccc2F)nc1. The van der Waals surface area contributed by atoms with Crippen molar-refractivity contribution in [3.63, 3.8) is 0 Å². The van der Waals surface area contributed by atoms with Crippen LogP contribution in [0.5, 0.6) is 0 Å². The zero-order chi connectivity index (χ0) is 15.4. The molecule has 4 nitrogen and oxygen atoms in total. The highest BCUT2D eigenvalue weighted by Gasteiger charge is 2.10. The Labute approximate surface area is 121 Å². The molecule has 110 valence electrons. The molecular weight excluding hydrogens is 276 g/mol. The van der Waals surface area contributed by atoms with Gasteiger partial charge in [-0.25, -0.2) is 13.8 Å². The molecule has 2 rings (SSSR count). The van der Waals surface area contributed by atoms with Crippen molar-refractivity contribution in [3.8, 4) is 0 Å². The highest BCUT2D eigenvalue weighted by molar-refractivity contribution is 5.91. The molecule has 6 heteroatoms. The number of aromatic nitrogens is 1. The van der Waals surface area contributed by atoms with Crippen molar-refractivity contribution in [1.82, 2.24) is 4.98 Å². The number of carbonyl (C=O) groups excluding carboxylic acids is 1. The molecule has 0 aliphatic carbocycles. The molecule has 2 aromatic rings. The van der Waals surface area contributed by atoms with Gasteiger partial charge in [0, 0.05) is 5.92 Å². The van der Waals surface area contributed by atoms with Gasteiger partial charge in [0.2, 0.25) is 5.91 Å². The lowest BCUT2D eigenvalue weighted by Crippen LogP contribution is -2.17. The summed E-state index contributed by atoms with van der Waals surface area (Å²) >= 11 is 0. The molecule has 0 bridgehead atoms. The number of halogens is 2. The van der Waals surface area contributed by atoms with Crippen LogP contribution in [0.25, 0.3) is 0 Å². The van der Waals surface area contributed by atoms with E-state index in [2.05, 4.69) is 15.6 Å². The third-order valence-corrected chi connectivity index (χ3v) is 2.77. The average molecular weight is 291 g/mol. The van der Waals surface area contributed by atoms with E-state index in [9.17, 15) is 13.6 Å². The van der Waals surface area contributed by atoms with Crippen LogP contribution in [0.2, 0.25) is 0 Å². The molecule has 2 N–H and O–H groups in total. The molecule has 0 spiro atoms. The molecule has 0 aliphatic heterocycles. The van der Waals surface area contributed by atoms with Gasteiger partial charge < -0.3 is 10.6 Å². The third-order valence-electron chi connectivity index (χ3n) is 2.77. The summed E-state index contributed by atoms with van der Waals surface area (Å²) in [6.45, 7) is 3.55. The van der Waals surface area contributed by atoms with Crippen LogP contribution in [0, 0.1) is 17.6 Å². The molecule has 1 aromatic heterocycles. The molecule has 21 heavy (non-hydrogen) atoms. The Bertz CT molecular complexity index is 622. The number of nitrogens with one attached hydrogen (secondary N) is 2. The normalized spacial score (nSPS) is 10.5. The molecular formula is C15H15F2N3O. The van der Waals surface area contributed by atoms with Crippen LogP contribution in [0.1, 0.15) is 13.8 Å². The standard InChI is InChI=1S/C15H15F2N3O/c1-9(2)15(21)19-10-6-7-13(18-8-10)20-14-11(16)4-3-5-12(14)17/h3-9H,1-2H3,(H,18,20)(H,19,21). The van der Waals surface area contributed by atoms with Gasteiger partial charge in [0.25, 0.3) is 0 Å². The Morgan fingerprint density at radius 3 is 2.33 bits per heavy atom. The van der Waals surface area contributed by atoms with Gasteiger partial charge in [-0.3, -0.25) is 4.79 Å². The Balaban J connectivity index is 2.11. The third kappa shape index (κ3) is 3.75. The van der Waals surface area contributed by atoms with Gasteiger partial charge in [-0.1, -0.05) is 19.9 Å². The summed E-state index contributed by atoms with van der Waals surface area (Å²) in [5.74, 6) is -1.39. The van der Waals surface area contributed by atoms with E-state index in [1.165, 1.54) is 18.3 Å². The predicted octanol–water partition coefficient (Wildman–Crippen LogP) is 3.70. The maximum absolute atomic E-state index is 13.5. The minimum atomic E-state index is -0.700. The van der Waals surface area contributed by atoms with Gasteiger partial charge in [-0.2, -0.15) is 0 Å². The fraction of sp³-hybridized carbons (Fsp3) is 0.200. The number of hydrogen-bond acceptors (Lipinski definition) is 3. The van der Waals surface area contributed by atoms with Crippen molar-refractivity contribution >= 4 is 23.1 Å². The van der Waals surface area contributed by atoms with E-state index >= 15 is 0 Å². The molecule has 1 heterocycles. The zero-order valence-corrected chi connectivity index (χ0v) is 11.7. The van der Waals surface area contributed by atoms with Gasteiger partial charge in [0.1, 0.15) is 23.1 Å². The van der Waals surface area contributed by atoms with Crippen LogP contribution in [0.3, 0.4) is 0 Å². The van der Waals surface area contributed by atoms with E-state index < -0.39 is 11.6 Å². The van der Waals surface area contributed by atoms with Crippen LogP contribution < -0.4 is 10.6 Å². The van der Waals surface area contributed by atoms with Crippen molar-refractivity contribution in [2.24, 2.45) is 5.92 Å². The molecule has 0 radical (unpaired) electrons. The Kier molecular flexibility index (Phi) is 4.47. The van der Waals surface area contributed by atoms with Gasteiger partial charge in [0.15, 0.2) is 0 Å². The Hall–Kier alpha value is -2.50. The number of nitrogens with zero attached hydrogens (tertiary/aromatic N) is 1. The van der Waals surface area contributed by atoms with Crippen LogP contribution >= 0.6 is 0 Å². The molecule has 0 unspecified atom stereocenters. The minimum absolute atomic E-state index is 0.127. The highest BCUT2D eigenvalue weighted by Crippen LogP contribution is 2.22. The molecule has 1 aromatic carbocycles. The lowest BCUT2D eigenvalue weighted by Gasteiger charge is -2.10. The predicted molar refractivity (Wildman–Crippen MR) is 77.3 cm³/mol. The smallest absolute Gasteiger partial charge is 0.226 e. The molecule has 0 saturated heterocycles. The second-order valence-electron chi connectivity index (χ2n) is 4.80. The lowest BCUT2D eigenvalue weighted by atomic mass is 10.2. The van der Waals surface area contributed by atoms with E-state index in [4.69, 9.17) is 0 Å². The number of anilines is 3. The first kappa shape index (κ1) is 14.9. The molecule has 1 amide bonds. The van der Waals surface area contributed by atoms with Gasteiger partial charge >= 0.3 is 0 Å². The van der Waals surface area contributed by atoms with Crippen molar-refractivity contribution in [1.29, 1.82) is 0 Å². The van der Waals surface area contributed by atoms with Crippen LogP contribution in [0.4, 0.5) is 26.0 Å². The van der Waals surface area contributed by atoms with E-state index in [0.717, 1.165) is 12.1 Å². The van der Waals surface area contributed by atoms with E-state index in [1.807, 2.05) is 0 Å². The van der Waals surface area contributed by atoms with Crippen LogP contribution in [-0.4, -0.2) is 10.9 Å². The summed E-state index contributed by atoms with van der Waals surface area (Å²) in [6.07, 6.45) is 1.42. The molecule has 0 saturated carbocycles. The number of amides is 1. The maximum Gasteiger partial charge on any atom is 0.226 e. The zero-order valence-electron chi connectivity index (χ0n) is 11.7. The van der Waals surface area contributed by atoms with Crippen molar-refractivity contribution in [2.75, 3.05) is 10.6 Å². The summed E-state index contributed by atoms with van der Waals surface area (Å²) in [5.41, 5.74) is 0.261. The molecule has 0 atom stereocenters. The van der Waals surface area contributed by atoms with E-state index in [-0.39, 0.29) is 23.3 Å². The monoisotopic (exact) mass is 291 g/mol. The summed E-state index contributed by atoms with van der Waals surface area (Å²) in [5, 5.41) is 5.25. The topological polar surface area (TPSA) is 54.0 Å². The number of para-hydroxylation sites is 1. The first-order valence-corrected chi connectivity index (χ1v) is 6.45. The molecule has 0 fully saturated rings. The average Bonchev–Trinajstić information content (AvgIpc) is 2.44. The van der Waals surface area contributed by atoms with Crippen molar-refractivity contribution in [2.45, 2.75) is 13.8 Å². The highest BCUT2D eigenvalue weighted by atomic mass is 19.1. The number of pyridine rings is 1. The summed E-state index contributed by atoms with van der Waals surface area (Å²) < 4.78 is 27.0. The van der Waals surface area contributed by atoms with Gasteiger partial charge in [-0.15, -0.1) is 0 Å². The second kappa shape index (κ2) is 6.30. The lowest BCUT2D eigenvalue weighted by molar-refractivity contribution is -0.118. The number of hydrogen-bond donors (Lipinski definition) is 2. The largest absolute Gasteiger partial charge is 0.335 e. The summed E-state index contributed by atoms with van der Waals surface area (Å²) in [4.78, 5) is 15.5. The number of carbonyl (C=O) groups is 1. The van der Waals surface area contributed by atoms with E-state index in [0.29, 0.717) is 5.69 Å².